The van der Waals surface area contributed by atoms with Crippen molar-refractivity contribution >= 4 is 28.9 Å². The molecule has 4 nitrogen and oxygen atoms in total. The first kappa shape index (κ1) is 23.9. The number of aromatic nitrogens is 2. The Morgan fingerprint density at radius 2 is 1.91 bits per heavy atom. The van der Waals surface area contributed by atoms with Gasteiger partial charge in [-0.1, -0.05) is 47.5 Å². The van der Waals surface area contributed by atoms with Crippen molar-refractivity contribution in [3.05, 3.63) is 93.6 Å². The molecule has 2 aromatic rings. The topological polar surface area (TPSA) is 39.4 Å². The van der Waals surface area contributed by atoms with Crippen LogP contribution in [-0.2, 0) is 17.5 Å². The number of rotatable bonds is 5. The summed E-state index contributed by atoms with van der Waals surface area (Å²) in [6.45, 7) is -0.131. The van der Waals surface area contributed by atoms with Crippen LogP contribution in [-0.4, -0.2) is 15.5 Å². The van der Waals surface area contributed by atoms with Crippen molar-refractivity contribution in [2.75, 3.05) is 0 Å². The normalized spacial score (nSPS) is 21.8. The summed E-state index contributed by atoms with van der Waals surface area (Å²) in [5, 5.41) is 4.11. The number of ether oxygens (including phenoxy) is 1. The first-order valence-corrected chi connectivity index (χ1v) is 12.1. The molecule has 0 N–H and O–H groups in total. The second-order valence-electron chi connectivity index (χ2n) is 8.67. The Labute approximate surface area is 211 Å². The fourth-order valence-electron chi connectivity index (χ4n) is 4.67. The molecule has 1 aliphatic heterocycles. The molecular weight excluding hydrogens is 498 g/mol. The highest BCUT2D eigenvalue weighted by atomic mass is 35.5. The lowest BCUT2D eigenvalue weighted by molar-refractivity contribution is -0.141. The van der Waals surface area contributed by atoms with E-state index in [0.717, 1.165) is 36.4 Å². The lowest BCUT2D eigenvalue weighted by Gasteiger charge is -2.30. The van der Waals surface area contributed by atoms with Crippen LogP contribution in [0.2, 0.25) is 10.0 Å². The first-order chi connectivity index (χ1) is 16.8. The Morgan fingerprint density at radius 1 is 1.11 bits per heavy atom. The minimum absolute atomic E-state index is 0.131. The zero-order valence-corrected chi connectivity index (χ0v) is 20.1. The van der Waals surface area contributed by atoms with Crippen molar-refractivity contribution in [3.8, 4) is 5.69 Å². The van der Waals surface area contributed by atoms with Crippen molar-refractivity contribution in [1.82, 2.24) is 9.78 Å². The average Bonchev–Trinajstić information content (AvgIpc) is 3.27. The van der Waals surface area contributed by atoms with Crippen LogP contribution in [0.3, 0.4) is 0 Å². The molecule has 0 amide bonds. The number of allylic oxidation sites excluding steroid dienone is 6. The minimum atomic E-state index is -4.62. The fourth-order valence-corrected chi connectivity index (χ4v) is 5.23. The number of hydrogen-bond acceptors (Lipinski definition) is 3. The standard InChI is InChI=1S/C26H22Cl2F3N3O/c27-21-7-2-8-22(28)25(21)34-18(14-23(33-34)26(29,30)31)15-35-19-11-9-16(10-12-19)20-6-1-4-17-5-3-13-32-24(17)20/h2-3,6-9,11-14,16-17H,1,4-5,10,15H2. The largest absolute Gasteiger partial charge is 0.488 e. The van der Waals surface area contributed by atoms with E-state index in [-0.39, 0.29) is 34.0 Å². The fraction of sp³-hybridized carbons (Fsp3) is 0.308. The Balaban J connectivity index is 1.33. The third-order valence-electron chi connectivity index (χ3n) is 6.38. The molecule has 2 unspecified atom stereocenters. The van der Waals surface area contributed by atoms with Crippen molar-refractivity contribution < 1.29 is 17.9 Å². The predicted octanol–water partition coefficient (Wildman–Crippen LogP) is 7.87. The summed E-state index contributed by atoms with van der Waals surface area (Å²) in [6.07, 6.45) is 11.5. The van der Waals surface area contributed by atoms with Gasteiger partial charge in [0.2, 0.25) is 0 Å². The lowest BCUT2D eigenvalue weighted by Crippen LogP contribution is -2.25. The lowest BCUT2D eigenvalue weighted by atomic mass is 9.77. The summed E-state index contributed by atoms with van der Waals surface area (Å²) < 4.78 is 47.2. The molecule has 0 saturated carbocycles. The van der Waals surface area contributed by atoms with Crippen molar-refractivity contribution in [2.45, 2.75) is 38.5 Å². The molecular formula is C26H22Cl2F3N3O. The molecule has 0 radical (unpaired) electrons. The van der Waals surface area contributed by atoms with E-state index in [1.165, 1.54) is 11.3 Å². The van der Waals surface area contributed by atoms with Gasteiger partial charge >= 0.3 is 6.18 Å². The number of aliphatic imine (C=N–C) groups is 1. The maximum Gasteiger partial charge on any atom is 0.435 e. The summed E-state index contributed by atoms with van der Waals surface area (Å²) in [4.78, 5) is 4.64. The summed E-state index contributed by atoms with van der Waals surface area (Å²) in [5.41, 5.74) is 1.76. The van der Waals surface area contributed by atoms with Gasteiger partial charge in [-0.05, 0) is 61.6 Å². The van der Waals surface area contributed by atoms with E-state index in [1.54, 1.807) is 18.2 Å². The van der Waals surface area contributed by atoms with Crippen LogP contribution < -0.4 is 0 Å². The van der Waals surface area contributed by atoms with Crippen molar-refractivity contribution in [3.63, 3.8) is 0 Å². The molecule has 2 heterocycles. The Kier molecular flexibility index (Phi) is 6.64. The van der Waals surface area contributed by atoms with Crippen LogP contribution in [0.1, 0.15) is 37.1 Å². The van der Waals surface area contributed by atoms with Gasteiger partial charge < -0.3 is 4.74 Å². The molecule has 0 saturated heterocycles. The van der Waals surface area contributed by atoms with Crippen molar-refractivity contribution in [1.29, 1.82) is 0 Å². The highest BCUT2D eigenvalue weighted by molar-refractivity contribution is 6.37. The molecule has 0 spiro atoms. The molecule has 1 aromatic heterocycles. The Hall–Kier alpha value is -2.77. The molecule has 9 heteroatoms. The maximum atomic E-state index is 13.4. The molecule has 2 atom stereocenters. The number of benzene rings is 1. The summed E-state index contributed by atoms with van der Waals surface area (Å²) >= 11 is 12.5. The monoisotopic (exact) mass is 519 g/mol. The zero-order chi connectivity index (χ0) is 24.6. The Morgan fingerprint density at radius 3 is 2.63 bits per heavy atom. The van der Waals surface area contributed by atoms with Crippen LogP contribution in [0.5, 0.6) is 0 Å². The zero-order valence-electron chi connectivity index (χ0n) is 18.6. The molecule has 1 aromatic carbocycles. The van der Waals surface area contributed by atoms with Crippen LogP contribution in [0.25, 0.3) is 5.69 Å². The van der Waals surface area contributed by atoms with E-state index in [9.17, 15) is 13.2 Å². The van der Waals surface area contributed by atoms with Gasteiger partial charge in [-0.3, -0.25) is 4.99 Å². The van der Waals surface area contributed by atoms with Crippen LogP contribution in [0.4, 0.5) is 13.2 Å². The van der Waals surface area contributed by atoms with Gasteiger partial charge in [-0.25, -0.2) is 4.68 Å². The summed E-state index contributed by atoms with van der Waals surface area (Å²) in [5.74, 6) is 1.28. The number of para-hydroxylation sites is 1. The SMILES string of the molecule is FC(F)(F)c1cc(COC2=CCC(C3=CCCC4CC=CN=C34)C=C2)n(-c2c(Cl)cccc2Cl)n1. The van der Waals surface area contributed by atoms with Gasteiger partial charge in [0.25, 0.3) is 0 Å². The number of hydrogen-bond donors (Lipinski definition) is 0. The second kappa shape index (κ2) is 9.70. The van der Waals surface area contributed by atoms with E-state index in [1.807, 2.05) is 18.4 Å². The number of fused-ring (bicyclic) bond motifs is 1. The van der Waals surface area contributed by atoms with Gasteiger partial charge in [-0.15, -0.1) is 0 Å². The molecule has 0 fully saturated rings. The summed E-state index contributed by atoms with van der Waals surface area (Å²) in [7, 11) is 0. The van der Waals surface area contributed by atoms with E-state index in [0.29, 0.717) is 11.7 Å². The second-order valence-corrected chi connectivity index (χ2v) is 9.48. The molecule has 35 heavy (non-hydrogen) atoms. The van der Waals surface area contributed by atoms with Gasteiger partial charge in [0.05, 0.1) is 15.7 Å². The quantitative estimate of drug-likeness (QED) is 0.403. The minimum Gasteiger partial charge on any atom is -0.488 e. The number of alkyl halides is 3. The molecule has 3 aliphatic rings. The number of halogens is 5. The maximum absolute atomic E-state index is 13.4. The van der Waals surface area contributed by atoms with Crippen molar-refractivity contribution in [2.24, 2.45) is 16.8 Å². The van der Waals surface area contributed by atoms with Crippen LogP contribution in [0.15, 0.2) is 77.2 Å². The molecule has 182 valence electrons. The van der Waals surface area contributed by atoms with Gasteiger partial charge in [-0.2, -0.15) is 18.3 Å². The third-order valence-corrected chi connectivity index (χ3v) is 6.99. The molecule has 0 bridgehead atoms. The third kappa shape index (κ3) is 4.98. The Bertz CT molecular complexity index is 1270. The van der Waals surface area contributed by atoms with E-state index in [2.05, 4.69) is 28.3 Å². The average molecular weight is 520 g/mol. The van der Waals surface area contributed by atoms with Gasteiger partial charge in [0, 0.05) is 23.7 Å². The van der Waals surface area contributed by atoms with E-state index in [4.69, 9.17) is 27.9 Å². The summed E-state index contributed by atoms with van der Waals surface area (Å²) in [6, 6.07) is 5.67. The first-order valence-electron chi connectivity index (χ1n) is 11.4. The highest BCUT2D eigenvalue weighted by Gasteiger charge is 2.36. The molecule has 2 aliphatic carbocycles. The van der Waals surface area contributed by atoms with Crippen LogP contribution >= 0.6 is 23.2 Å². The smallest absolute Gasteiger partial charge is 0.435 e. The van der Waals surface area contributed by atoms with E-state index >= 15 is 0 Å². The number of nitrogens with zero attached hydrogens (tertiary/aromatic N) is 3. The highest BCUT2D eigenvalue weighted by Crippen LogP contribution is 2.36. The van der Waals surface area contributed by atoms with Gasteiger partial charge in [0.15, 0.2) is 5.69 Å². The predicted molar refractivity (Wildman–Crippen MR) is 131 cm³/mol. The van der Waals surface area contributed by atoms with Gasteiger partial charge in [0.1, 0.15) is 18.1 Å². The van der Waals surface area contributed by atoms with Crippen LogP contribution in [0, 0.1) is 11.8 Å². The molecule has 5 rings (SSSR count). The van der Waals surface area contributed by atoms with E-state index < -0.39 is 11.9 Å².